The predicted molar refractivity (Wildman–Crippen MR) is 108 cm³/mol. The van der Waals surface area contributed by atoms with Crippen LogP contribution in [0.2, 0.25) is 0 Å². The molecule has 1 saturated heterocycles. The Morgan fingerprint density at radius 1 is 1.24 bits per heavy atom. The van der Waals surface area contributed by atoms with E-state index in [2.05, 4.69) is 10.6 Å². The van der Waals surface area contributed by atoms with Gasteiger partial charge in [0.1, 0.15) is 5.82 Å². The number of carboxylic acid groups (broad SMARTS) is 1. The summed E-state index contributed by atoms with van der Waals surface area (Å²) in [5.74, 6) is -0.460. The van der Waals surface area contributed by atoms with Crippen LogP contribution in [0.15, 0.2) is 23.1 Å². The van der Waals surface area contributed by atoms with E-state index in [0.717, 1.165) is 32.1 Å². The maximum Gasteiger partial charge on any atom is 0.404 e. The van der Waals surface area contributed by atoms with E-state index in [1.807, 2.05) is 4.57 Å². The van der Waals surface area contributed by atoms with Crippen molar-refractivity contribution in [2.45, 2.75) is 57.2 Å². The maximum absolute atomic E-state index is 14.9. The molecule has 1 unspecified atom stereocenters. The number of ether oxygens (including phenoxy) is 1. The molecule has 0 bridgehead atoms. The first-order valence-electron chi connectivity index (χ1n) is 10.2. The number of hydrogen-bond donors (Lipinski definition) is 3. The molecule has 2 fully saturated rings. The van der Waals surface area contributed by atoms with Crippen molar-refractivity contribution in [3.8, 4) is 0 Å². The number of nitrogens with one attached hydrogen (secondary N) is 2. The largest absolute Gasteiger partial charge is 0.465 e. The second-order valence-electron chi connectivity index (χ2n) is 7.90. The van der Waals surface area contributed by atoms with Crippen LogP contribution in [-0.2, 0) is 11.3 Å². The smallest absolute Gasteiger partial charge is 0.404 e. The van der Waals surface area contributed by atoms with Crippen LogP contribution < -0.4 is 16.1 Å². The number of aromatic nitrogens is 1. The van der Waals surface area contributed by atoms with Crippen molar-refractivity contribution in [3.63, 3.8) is 0 Å². The normalized spacial score (nSPS) is 20.1. The van der Waals surface area contributed by atoms with E-state index in [4.69, 9.17) is 9.84 Å². The first-order chi connectivity index (χ1) is 14.0. The summed E-state index contributed by atoms with van der Waals surface area (Å²) < 4.78 is 22.3. The molecule has 29 heavy (non-hydrogen) atoms. The SMILES string of the molecule is O=C(O)NCc1cn(C2CCOC2)c2cc(NC3CCCCC3)c(F)cc2c1=O. The average molecular weight is 403 g/mol. The van der Waals surface area contributed by atoms with Crippen LogP contribution in [0.3, 0.4) is 0 Å². The molecule has 4 rings (SSSR count). The molecule has 2 heterocycles. The van der Waals surface area contributed by atoms with Gasteiger partial charge in [-0.3, -0.25) is 4.79 Å². The molecule has 1 aromatic carbocycles. The Kier molecular flexibility index (Phi) is 5.71. The van der Waals surface area contributed by atoms with Gasteiger partial charge in [-0.15, -0.1) is 0 Å². The first-order valence-corrected chi connectivity index (χ1v) is 10.2. The highest BCUT2D eigenvalue weighted by Gasteiger charge is 2.23. The van der Waals surface area contributed by atoms with Crippen LogP contribution in [0, 0.1) is 5.82 Å². The summed E-state index contributed by atoms with van der Waals surface area (Å²) in [6.45, 7) is 1.00. The van der Waals surface area contributed by atoms with Gasteiger partial charge in [0.15, 0.2) is 5.43 Å². The van der Waals surface area contributed by atoms with Gasteiger partial charge in [-0.25, -0.2) is 9.18 Å². The number of halogens is 1. The van der Waals surface area contributed by atoms with Gasteiger partial charge in [0.25, 0.3) is 0 Å². The average Bonchev–Trinajstić information content (AvgIpc) is 3.24. The standard InChI is InChI=1S/C21H26FN3O4/c22-17-8-16-19(9-18(17)24-14-4-2-1-3-5-14)25(15-6-7-29-12-15)11-13(20(16)26)10-23-21(27)28/h8-9,11,14-15,23-24H,1-7,10,12H2,(H,27,28). The number of fused-ring (bicyclic) bond motifs is 1. The summed E-state index contributed by atoms with van der Waals surface area (Å²) in [5.41, 5.74) is 0.989. The third-order valence-electron chi connectivity index (χ3n) is 5.89. The number of hydrogen-bond acceptors (Lipinski definition) is 4. The molecule has 1 saturated carbocycles. The van der Waals surface area contributed by atoms with E-state index in [-0.39, 0.29) is 29.4 Å². The van der Waals surface area contributed by atoms with Crippen molar-refractivity contribution < 1.29 is 19.0 Å². The predicted octanol–water partition coefficient (Wildman–Crippen LogP) is 3.61. The Bertz CT molecular complexity index is 963. The zero-order chi connectivity index (χ0) is 20.4. The third-order valence-corrected chi connectivity index (χ3v) is 5.89. The van der Waals surface area contributed by atoms with Gasteiger partial charge >= 0.3 is 6.09 Å². The Balaban J connectivity index is 1.78. The molecule has 8 heteroatoms. The molecule has 1 atom stereocenters. The van der Waals surface area contributed by atoms with E-state index in [1.54, 1.807) is 12.3 Å². The minimum atomic E-state index is -1.21. The van der Waals surface area contributed by atoms with Crippen LogP contribution in [0.4, 0.5) is 14.9 Å². The molecule has 156 valence electrons. The number of anilines is 1. The van der Waals surface area contributed by atoms with Crippen LogP contribution in [-0.4, -0.2) is 35.0 Å². The highest BCUT2D eigenvalue weighted by Crippen LogP contribution is 2.29. The summed E-state index contributed by atoms with van der Waals surface area (Å²) >= 11 is 0. The van der Waals surface area contributed by atoms with Crippen LogP contribution in [0.5, 0.6) is 0 Å². The van der Waals surface area contributed by atoms with Gasteiger partial charge in [-0.05, 0) is 31.4 Å². The zero-order valence-electron chi connectivity index (χ0n) is 16.2. The van der Waals surface area contributed by atoms with E-state index >= 15 is 0 Å². The van der Waals surface area contributed by atoms with Gasteiger partial charge in [0, 0.05) is 29.8 Å². The van der Waals surface area contributed by atoms with Crippen LogP contribution in [0.25, 0.3) is 10.9 Å². The van der Waals surface area contributed by atoms with Crippen molar-refractivity contribution in [2.75, 3.05) is 18.5 Å². The van der Waals surface area contributed by atoms with E-state index < -0.39 is 11.9 Å². The van der Waals surface area contributed by atoms with Gasteiger partial charge in [-0.1, -0.05) is 19.3 Å². The molecule has 3 N–H and O–H groups in total. The monoisotopic (exact) mass is 403 g/mol. The van der Waals surface area contributed by atoms with Crippen molar-refractivity contribution in [3.05, 3.63) is 39.9 Å². The molecule has 0 radical (unpaired) electrons. The molecular formula is C21H26FN3O4. The third kappa shape index (κ3) is 4.22. The lowest BCUT2D eigenvalue weighted by molar-refractivity contribution is 0.187. The number of carbonyl (C=O) groups is 1. The molecular weight excluding hydrogens is 377 g/mol. The molecule has 1 amide bonds. The second-order valence-corrected chi connectivity index (χ2v) is 7.90. The lowest BCUT2D eigenvalue weighted by Crippen LogP contribution is -2.27. The molecule has 1 aliphatic carbocycles. The van der Waals surface area contributed by atoms with Gasteiger partial charge in [0.05, 0.1) is 30.4 Å². The molecule has 2 aliphatic rings. The van der Waals surface area contributed by atoms with Gasteiger partial charge < -0.3 is 25.0 Å². The van der Waals surface area contributed by atoms with Crippen LogP contribution >= 0.6 is 0 Å². The minimum absolute atomic E-state index is 0.0228. The molecule has 1 aliphatic heterocycles. The second kappa shape index (κ2) is 8.41. The Hall–Kier alpha value is -2.61. The summed E-state index contributed by atoms with van der Waals surface area (Å²) in [6, 6.07) is 3.26. The quantitative estimate of drug-likeness (QED) is 0.709. The lowest BCUT2D eigenvalue weighted by atomic mass is 9.95. The van der Waals surface area contributed by atoms with E-state index in [9.17, 15) is 14.0 Å². The lowest BCUT2D eigenvalue weighted by Gasteiger charge is -2.25. The zero-order valence-corrected chi connectivity index (χ0v) is 16.2. The van der Waals surface area contributed by atoms with Crippen molar-refractivity contribution in [2.24, 2.45) is 0 Å². The van der Waals surface area contributed by atoms with E-state index in [1.165, 1.54) is 12.5 Å². The van der Waals surface area contributed by atoms with Crippen molar-refractivity contribution in [1.82, 2.24) is 9.88 Å². The molecule has 7 nitrogen and oxygen atoms in total. The number of nitrogens with zero attached hydrogens (tertiary/aromatic N) is 1. The Labute approximate surface area is 167 Å². The Morgan fingerprint density at radius 3 is 2.72 bits per heavy atom. The van der Waals surface area contributed by atoms with Crippen molar-refractivity contribution >= 4 is 22.7 Å². The number of amides is 1. The number of rotatable bonds is 5. The molecule has 0 spiro atoms. The molecule has 1 aromatic heterocycles. The van der Waals surface area contributed by atoms with Gasteiger partial charge in [-0.2, -0.15) is 0 Å². The highest BCUT2D eigenvalue weighted by atomic mass is 19.1. The van der Waals surface area contributed by atoms with Gasteiger partial charge in [0.2, 0.25) is 0 Å². The fourth-order valence-electron chi connectivity index (χ4n) is 4.34. The highest BCUT2D eigenvalue weighted by molar-refractivity contribution is 5.84. The summed E-state index contributed by atoms with van der Waals surface area (Å²) in [5, 5.41) is 14.7. The maximum atomic E-state index is 14.9. The summed E-state index contributed by atoms with van der Waals surface area (Å²) in [4.78, 5) is 23.8. The summed E-state index contributed by atoms with van der Waals surface area (Å²) in [6.07, 6.45) is 6.77. The Morgan fingerprint density at radius 2 is 2.03 bits per heavy atom. The fourth-order valence-corrected chi connectivity index (χ4v) is 4.34. The summed E-state index contributed by atoms with van der Waals surface area (Å²) in [7, 11) is 0. The van der Waals surface area contributed by atoms with E-state index in [0.29, 0.717) is 30.0 Å². The fraction of sp³-hybridized carbons (Fsp3) is 0.524. The molecule has 2 aromatic rings. The topological polar surface area (TPSA) is 92.6 Å². The number of pyridine rings is 1. The first kappa shape index (κ1) is 19.7. The number of benzene rings is 1. The van der Waals surface area contributed by atoms with Crippen LogP contribution in [0.1, 0.15) is 50.1 Å². The minimum Gasteiger partial charge on any atom is -0.465 e. The van der Waals surface area contributed by atoms with Crippen molar-refractivity contribution in [1.29, 1.82) is 0 Å².